The van der Waals surface area contributed by atoms with Crippen LogP contribution in [0.4, 0.5) is 0 Å². The monoisotopic (exact) mass is 379 g/mol. The normalized spacial score (nSPS) is 15.4. The molecule has 0 unspecified atom stereocenters. The highest BCUT2D eigenvalue weighted by atomic mass is 35.5. The number of rotatable bonds is 3. The van der Waals surface area contributed by atoms with E-state index in [1.54, 1.807) is 35.1 Å². The van der Waals surface area contributed by atoms with Crippen molar-refractivity contribution < 1.29 is 8.42 Å². The van der Waals surface area contributed by atoms with Gasteiger partial charge in [-0.2, -0.15) is 9.40 Å². The van der Waals surface area contributed by atoms with E-state index in [0.29, 0.717) is 28.7 Å². The Morgan fingerprint density at radius 2 is 2.00 bits per heavy atom. The van der Waals surface area contributed by atoms with Crippen LogP contribution < -0.4 is 0 Å². The summed E-state index contributed by atoms with van der Waals surface area (Å²) in [6.07, 6.45) is 4.20. The molecule has 2 aromatic heterocycles. The molecule has 0 radical (unpaired) electrons. The van der Waals surface area contributed by atoms with Gasteiger partial charge in [-0.05, 0) is 48.4 Å². The van der Waals surface area contributed by atoms with Crippen LogP contribution in [-0.2, 0) is 23.0 Å². The summed E-state index contributed by atoms with van der Waals surface area (Å²) in [6, 6.07) is 10.5. The first-order valence-electron chi connectivity index (χ1n) is 7.41. The second kappa shape index (κ2) is 6.00. The van der Waals surface area contributed by atoms with Crippen LogP contribution >= 0.6 is 22.9 Å². The maximum absolute atomic E-state index is 12.9. The number of hydrogen-bond acceptors (Lipinski definition) is 4. The molecule has 0 aliphatic carbocycles. The fraction of sp³-hybridized carbons (Fsp3) is 0.188. The summed E-state index contributed by atoms with van der Waals surface area (Å²) in [5, 5.41) is 4.14. The highest BCUT2D eigenvalue weighted by molar-refractivity contribution is 7.89. The van der Waals surface area contributed by atoms with Gasteiger partial charge < -0.3 is 0 Å². The van der Waals surface area contributed by atoms with Crippen LogP contribution in [0.2, 0.25) is 4.34 Å². The fourth-order valence-electron chi connectivity index (χ4n) is 2.82. The second-order valence-corrected chi connectivity index (χ2v) is 9.24. The van der Waals surface area contributed by atoms with Gasteiger partial charge in [-0.3, -0.25) is 0 Å². The van der Waals surface area contributed by atoms with Gasteiger partial charge in [0.15, 0.2) is 0 Å². The van der Waals surface area contributed by atoms with E-state index in [0.717, 1.165) is 11.3 Å². The first-order valence-corrected chi connectivity index (χ1v) is 10.0. The zero-order chi connectivity index (χ0) is 16.7. The van der Waals surface area contributed by atoms with Gasteiger partial charge in [0.05, 0.1) is 14.9 Å². The first kappa shape index (κ1) is 15.8. The summed E-state index contributed by atoms with van der Waals surface area (Å²) < 4.78 is 29.7. The standard InChI is InChI=1S/C16H14ClN3O2S2/c17-16-10-12-11-19(9-6-15(12)23-16)24(21,22)14-4-2-13(3-5-14)20-8-1-7-18-20/h1-5,7-8,10H,6,9,11H2. The minimum absolute atomic E-state index is 0.295. The average molecular weight is 380 g/mol. The average Bonchev–Trinajstić information content (AvgIpc) is 3.22. The second-order valence-electron chi connectivity index (χ2n) is 5.53. The summed E-state index contributed by atoms with van der Waals surface area (Å²) in [6.45, 7) is 0.856. The summed E-state index contributed by atoms with van der Waals surface area (Å²) in [4.78, 5) is 1.48. The SMILES string of the molecule is O=S(=O)(c1ccc(-n2cccn2)cc1)N1CCc2sc(Cl)cc2C1. The molecular formula is C16H14ClN3O2S2. The van der Waals surface area contributed by atoms with Crippen LogP contribution in [0.25, 0.3) is 5.69 Å². The molecule has 124 valence electrons. The van der Waals surface area contributed by atoms with E-state index in [4.69, 9.17) is 11.6 Å². The van der Waals surface area contributed by atoms with E-state index < -0.39 is 10.0 Å². The van der Waals surface area contributed by atoms with Crippen LogP contribution in [0.15, 0.2) is 53.7 Å². The molecule has 0 spiro atoms. The minimum atomic E-state index is -3.52. The van der Waals surface area contributed by atoms with Crippen molar-refractivity contribution in [2.45, 2.75) is 17.9 Å². The van der Waals surface area contributed by atoms with Crippen molar-refractivity contribution in [1.29, 1.82) is 0 Å². The Hall–Kier alpha value is -1.67. The van der Waals surface area contributed by atoms with Crippen molar-refractivity contribution in [3.63, 3.8) is 0 Å². The number of sulfonamides is 1. The molecule has 0 N–H and O–H groups in total. The van der Waals surface area contributed by atoms with E-state index in [1.165, 1.54) is 20.5 Å². The molecule has 0 fully saturated rings. The summed E-state index contributed by atoms with van der Waals surface area (Å²) >= 11 is 7.57. The molecule has 0 saturated carbocycles. The van der Waals surface area contributed by atoms with Crippen LogP contribution in [0.5, 0.6) is 0 Å². The summed E-state index contributed by atoms with van der Waals surface area (Å²) in [5.41, 5.74) is 1.83. The van der Waals surface area contributed by atoms with Crippen LogP contribution in [-0.4, -0.2) is 29.0 Å². The third-order valence-electron chi connectivity index (χ3n) is 4.04. The van der Waals surface area contributed by atoms with Gasteiger partial charge in [-0.15, -0.1) is 11.3 Å². The minimum Gasteiger partial charge on any atom is -0.241 e. The zero-order valence-corrected chi connectivity index (χ0v) is 15.0. The third kappa shape index (κ3) is 2.77. The lowest BCUT2D eigenvalue weighted by atomic mass is 10.1. The van der Waals surface area contributed by atoms with Gasteiger partial charge >= 0.3 is 0 Å². The number of benzene rings is 1. The molecule has 24 heavy (non-hydrogen) atoms. The fourth-order valence-corrected chi connectivity index (χ4v) is 5.53. The molecule has 1 aliphatic heterocycles. The predicted molar refractivity (Wildman–Crippen MR) is 94.2 cm³/mol. The molecule has 4 rings (SSSR count). The molecule has 3 heterocycles. The topological polar surface area (TPSA) is 55.2 Å². The number of halogens is 1. The molecule has 0 bridgehead atoms. The van der Waals surface area contributed by atoms with E-state index in [2.05, 4.69) is 5.10 Å². The molecule has 8 heteroatoms. The van der Waals surface area contributed by atoms with Gasteiger partial charge in [-0.1, -0.05) is 11.6 Å². The zero-order valence-electron chi connectivity index (χ0n) is 12.6. The summed E-state index contributed by atoms with van der Waals surface area (Å²) in [5.74, 6) is 0. The number of fused-ring (bicyclic) bond motifs is 1. The number of thiophene rings is 1. The Morgan fingerprint density at radius 3 is 2.71 bits per heavy atom. The third-order valence-corrected chi connectivity index (χ3v) is 7.27. The van der Waals surface area contributed by atoms with E-state index >= 15 is 0 Å². The van der Waals surface area contributed by atoms with Gasteiger partial charge in [-0.25, -0.2) is 13.1 Å². The molecule has 5 nitrogen and oxygen atoms in total. The maximum Gasteiger partial charge on any atom is 0.243 e. The Balaban J connectivity index is 1.61. The van der Waals surface area contributed by atoms with Crippen LogP contribution in [0.1, 0.15) is 10.4 Å². The van der Waals surface area contributed by atoms with Crippen molar-refractivity contribution in [2.75, 3.05) is 6.54 Å². The molecular weight excluding hydrogens is 366 g/mol. The molecule has 0 atom stereocenters. The van der Waals surface area contributed by atoms with E-state index in [1.807, 2.05) is 18.3 Å². The smallest absolute Gasteiger partial charge is 0.241 e. The Bertz CT molecular complexity index is 963. The van der Waals surface area contributed by atoms with E-state index in [9.17, 15) is 8.42 Å². The maximum atomic E-state index is 12.9. The number of aromatic nitrogens is 2. The highest BCUT2D eigenvalue weighted by Crippen LogP contribution is 2.33. The Morgan fingerprint density at radius 1 is 1.21 bits per heavy atom. The lowest BCUT2D eigenvalue weighted by molar-refractivity contribution is 0.394. The van der Waals surface area contributed by atoms with E-state index in [-0.39, 0.29) is 0 Å². The van der Waals surface area contributed by atoms with Gasteiger partial charge in [0, 0.05) is 30.4 Å². The number of hydrogen-bond donors (Lipinski definition) is 0. The lowest BCUT2D eigenvalue weighted by Gasteiger charge is -2.26. The first-order chi connectivity index (χ1) is 11.5. The van der Waals surface area contributed by atoms with Gasteiger partial charge in [0.1, 0.15) is 0 Å². The molecule has 1 aliphatic rings. The molecule has 3 aromatic rings. The van der Waals surface area contributed by atoms with Crippen molar-refractivity contribution in [3.05, 3.63) is 63.6 Å². The van der Waals surface area contributed by atoms with Crippen LogP contribution in [0, 0.1) is 0 Å². The van der Waals surface area contributed by atoms with Crippen LogP contribution in [0.3, 0.4) is 0 Å². The molecule has 0 saturated heterocycles. The number of nitrogens with zero attached hydrogens (tertiary/aromatic N) is 3. The van der Waals surface area contributed by atoms with Crippen molar-refractivity contribution in [2.24, 2.45) is 0 Å². The predicted octanol–water partition coefficient (Wildman–Crippen LogP) is 3.33. The highest BCUT2D eigenvalue weighted by Gasteiger charge is 2.29. The van der Waals surface area contributed by atoms with Crippen molar-refractivity contribution in [3.8, 4) is 5.69 Å². The molecule has 1 aromatic carbocycles. The Kier molecular flexibility index (Phi) is 3.96. The largest absolute Gasteiger partial charge is 0.243 e. The van der Waals surface area contributed by atoms with Gasteiger partial charge in [0.25, 0.3) is 0 Å². The van der Waals surface area contributed by atoms with Gasteiger partial charge in [0.2, 0.25) is 10.0 Å². The molecule has 0 amide bonds. The summed E-state index contributed by atoms with van der Waals surface area (Å²) in [7, 11) is -3.52. The Labute approximate surface area is 149 Å². The quantitative estimate of drug-likeness (QED) is 0.701. The van der Waals surface area contributed by atoms with Crippen molar-refractivity contribution >= 4 is 33.0 Å². The van der Waals surface area contributed by atoms with Crippen molar-refractivity contribution in [1.82, 2.24) is 14.1 Å². The lowest BCUT2D eigenvalue weighted by Crippen LogP contribution is -2.35.